The van der Waals surface area contributed by atoms with Crippen LogP contribution in [0.5, 0.6) is 0 Å². The first-order chi connectivity index (χ1) is 7.79. The zero-order valence-electron chi connectivity index (χ0n) is 9.56. The van der Waals surface area contributed by atoms with Gasteiger partial charge in [-0.1, -0.05) is 36.9 Å². The maximum absolute atomic E-state index is 3.77. The molecule has 0 unspecified atom stereocenters. The molecule has 0 amide bonds. The fraction of sp³-hybridized carbons (Fsp3) is 0.231. The Hall–Kier alpha value is -1.74. The summed E-state index contributed by atoms with van der Waals surface area (Å²) in [5, 5.41) is 4.03. The lowest BCUT2D eigenvalue weighted by Crippen LogP contribution is -2.38. The van der Waals surface area contributed by atoms with Crippen LogP contribution in [0.4, 0.5) is 0 Å². The summed E-state index contributed by atoms with van der Waals surface area (Å²) >= 11 is 0. The summed E-state index contributed by atoms with van der Waals surface area (Å²) in [6.07, 6.45) is 4.94. The van der Waals surface area contributed by atoms with Crippen LogP contribution in [0.15, 0.2) is 54.9 Å². The molecule has 16 heavy (non-hydrogen) atoms. The van der Waals surface area contributed by atoms with Crippen LogP contribution in [0.1, 0.15) is 5.56 Å². The summed E-state index contributed by atoms with van der Waals surface area (Å²) in [5.74, 6) is 0. The van der Waals surface area contributed by atoms with E-state index in [2.05, 4.69) is 47.6 Å². The Morgan fingerprint density at radius 3 is 2.69 bits per heavy atom. The largest absolute Gasteiger partial charge is 0.296 e. The van der Waals surface area contributed by atoms with Crippen LogP contribution in [0.2, 0.25) is 0 Å². The third kappa shape index (κ3) is 2.44. The van der Waals surface area contributed by atoms with Crippen molar-refractivity contribution in [3.63, 3.8) is 0 Å². The van der Waals surface area contributed by atoms with E-state index in [9.17, 15) is 0 Å². The molecule has 0 bridgehead atoms. The van der Waals surface area contributed by atoms with Gasteiger partial charge in [0, 0.05) is 19.8 Å². The number of nitrogens with one attached hydrogen (secondary N) is 1. The van der Waals surface area contributed by atoms with E-state index in [1.165, 1.54) is 5.56 Å². The molecule has 1 heterocycles. The maximum atomic E-state index is 3.77. The molecule has 0 aliphatic carbocycles. The Bertz CT molecular complexity index is 383. The third-order valence-corrected chi connectivity index (χ3v) is 2.65. The zero-order chi connectivity index (χ0) is 11.4. The topological polar surface area (TPSA) is 18.5 Å². The first-order valence-corrected chi connectivity index (χ1v) is 5.44. The van der Waals surface area contributed by atoms with Crippen molar-refractivity contribution in [2.45, 2.75) is 6.42 Å². The molecule has 0 fully saturated rings. The van der Waals surface area contributed by atoms with Gasteiger partial charge in [-0.05, 0) is 18.1 Å². The fourth-order valence-electron chi connectivity index (χ4n) is 1.72. The normalized spacial score (nSPS) is 15.2. The van der Waals surface area contributed by atoms with Gasteiger partial charge in [-0.3, -0.25) is 10.0 Å². The molecule has 84 valence electrons. The first-order valence-electron chi connectivity index (χ1n) is 5.44. The lowest BCUT2D eigenvalue weighted by Gasteiger charge is -2.19. The van der Waals surface area contributed by atoms with Crippen molar-refractivity contribution in [3.8, 4) is 0 Å². The molecule has 1 aromatic carbocycles. The molecular weight excluding hydrogens is 198 g/mol. The molecule has 1 aliphatic rings. The predicted octanol–water partition coefficient (Wildman–Crippen LogP) is 1.92. The Kier molecular flexibility index (Phi) is 3.27. The molecule has 3 heteroatoms. The SMILES string of the molecule is C=CC1=CN(CCc2ccccc2)NN1C. The highest BCUT2D eigenvalue weighted by atomic mass is 15.8. The number of nitrogens with zero attached hydrogens (tertiary/aromatic N) is 2. The van der Waals surface area contributed by atoms with Gasteiger partial charge in [-0.15, -0.1) is 5.53 Å². The second-order valence-electron chi connectivity index (χ2n) is 3.85. The standard InChI is InChI=1S/C13H17N3/c1-3-13-11-16(14-15(13)2)10-9-12-7-5-4-6-8-12/h3-8,11,14H,1,9-10H2,2H3. The van der Waals surface area contributed by atoms with Crippen LogP contribution in [0.25, 0.3) is 0 Å². The van der Waals surface area contributed by atoms with E-state index in [-0.39, 0.29) is 0 Å². The number of benzene rings is 1. The van der Waals surface area contributed by atoms with Gasteiger partial charge in [0.05, 0.1) is 5.70 Å². The lowest BCUT2D eigenvalue weighted by atomic mass is 10.1. The Balaban J connectivity index is 1.89. The van der Waals surface area contributed by atoms with Crippen LogP contribution >= 0.6 is 0 Å². The highest BCUT2D eigenvalue weighted by molar-refractivity contribution is 5.17. The molecule has 2 rings (SSSR count). The van der Waals surface area contributed by atoms with Crippen molar-refractivity contribution in [1.29, 1.82) is 0 Å². The van der Waals surface area contributed by atoms with Crippen molar-refractivity contribution < 1.29 is 0 Å². The Labute approximate surface area is 96.6 Å². The van der Waals surface area contributed by atoms with E-state index in [0.29, 0.717) is 0 Å². The second kappa shape index (κ2) is 4.86. The van der Waals surface area contributed by atoms with E-state index in [4.69, 9.17) is 0 Å². The van der Waals surface area contributed by atoms with Gasteiger partial charge in [0.15, 0.2) is 0 Å². The Morgan fingerprint density at radius 2 is 2.06 bits per heavy atom. The summed E-state index contributed by atoms with van der Waals surface area (Å²) in [5.41, 5.74) is 5.67. The molecule has 0 aromatic heterocycles. The molecule has 0 spiro atoms. The highest BCUT2D eigenvalue weighted by Crippen LogP contribution is 2.10. The van der Waals surface area contributed by atoms with Crippen molar-refractivity contribution in [1.82, 2.24) is 15.6 Å². The molecular formula is C13H17N3. The van der Waals surface area contributed by atoms with E-state index in [1.807, 2.05) is 24.2 Å². The van der Waals surface area contributed by atoms with Gasteiger partial charge in [-0.25, -0.2) is 0 Å². The third-order valence-electron chi connectivity index (χ3n) is 2.65. The number of likely N-dealkylation sites (N-methyl/N-ethyl adjacent to an activating group) is 1. The lowest BCUT2D eigenvalue weighted by molar-refractivity contribution is 0.158. The maximum Gasteiger partial charge on any atom is 0.0702 e. The quantitative estimate of drug-likeness (QED) is 0.828. The molecule has 0 saturated carbocycles. The van der Waals surface area contributed by atoms with E-state index >= 15 is 0 Å². The van der Waals surface area contributed by atoms with E-state index in [0.717, 1.165) is 18.7 Å². The van der Waals surface area contributed by atoms with Crippen LogP contribution in [-0.4, -0.2) is 23.6 Å². The smallest absolute Gasteiger partial charge is 0.0702 e. The highest BCUT2D eigenvalue weighted by Gasteiger charge is 2.13. The van der Waals surface area contributed by atoms with Gasteiger partial charge >= 0.3 is 0 Å². The molecule has 3 nitrogen and oxygen atoms in total. The molecule has 1 aromatic rings. The van der Waals surface area contributed by atoms with Gasteiger partial charge in [0.1, 0.15) is 0 Å². The second-order valence-corrected chi connectivity index (χ2v) is 3.85. The predicted molar refractivity (Wildman–Crippen MR) is 66.0 cm³/mol. The molecule has 0 saturated heterocycles. The minimum absolute atomic E-state index is 0.950. The van der Waals surface area contributed by atoms with Crippen molar-refractivity contribution in [2.24, 2.45) is 0 Å². The summed E-state index contributed by atoms with van der Waals surface area (Å²) in [6, 6.07) is 10.5. The monoisotopic (exact) mass is 215 g/mol. The zero-order valence-corrected chi connectivity index (χ0v) is 9.56. The minimum Gasteiger partial charge on any atom is -0.296 e. The fourth-order valence-corrected chi connectivity index (χ4v) is 1.72. The number of hydrogen-bond acceptors (Lipinski definition) is 3. The van der Waals surface area contributed by atoms with Crippen LogP contribution in [0, 0.1) is 0 Å². The van der Waals surface area contributed by atoms with Crippen LogP contribution in [0.3, 0.4) is 0 Å². The van der Waals surface area contributed by atoms with Crippen molar-refractivity contribution in [2.75, 3.05) is 13.6 Å². The number of hydrogen-bond donors (Lipinski definition) is 1. The summed E-state index contributed by atoms with van der Waals surface area (Å²) in [4.78, 5) is 0. The van der Waals surface area contributed by atoms with Crippen molar-refractivity contribution in [3.05, 3.63) is 60.4 Å². The van der Waals surface area contributed by atoms with Crippen LogP contribution in [-0.2, 0) is 6.42 Å². The first kappa shape index (κ1) is 10.8. The summed E-state index contributed by atoms with van der Waals surface area (Å²) in [7, 11) is 1.98. The minimum atomic E-state index is 0.950. The van der Waals surface area contributed by atoms with Gasteiger partial charge in [0.25, 0.3) is 0 Å². The van der Waals surface area contributed by atoms with Crippen LogP contribution < -0.4 is 5.53 Å². The summed E-state index contributed by atoms with van der Waals surface area (Å²) in [6.45, 7) is 4.72. The average molecular weight is 215 g/mol. The summed E-state index contributed by atoms with van der Waals surface area (Å²) < 4.78 is 0. The number of hydrazine groups is 2. The number of allylic oxidation sites excluding steroid dienone is 1. The Morgan fingerprint density at radius 1 is 1.31 bits per heavy atom. The van der Waals surface area contributed by atoms with Crippen molar-refractivity contribution >= 4 is 0 Å². The van der Waals surface area contributed by atoms with E-state index in [1.54, 1.807) is 0 Å². The molecule has 1 N–H and O–H groups in total. The molecule has 0 atom stereocenters. The molecule has 1 aliphatic heterocycles. The van der Waals surface area contributed by atoms with Gasteiger partial charge < -0.3 is 0 Å². The number of rotatable bonds is 4. The average Bonchev–Trinajstić information content (AvgIpc) is 2.69. The van der Waals surface area contributed by atoms with Gasteiger partial charge in [-0.2, -0.15) is 0 Å². The van der Waals surface area contributed by atoms with E-state index < -0.39 is 0 Å². The van der Waals surface area contributed by atoms with Gasteiger partial charge in [0.2, 0.25) is 0 Å². The molecule has 0 radical (unpaired) electrons.